The van der Waals surface area contributed by atoms with Crippen LogP contribution >= 0.6 is 0 Å². The maximum absolute atomic E-state index is 11.4. The van der Waals surface area contributed by atoms with Gasteiger partial charge in [0.2, 0.25) is 0 Å². The minimum absolute atomic E-state index is 0.422. The van der Waals surface area contributed by atoms with Crippen LogP contribution in [0, 0.1) is 18.8 Å². The highest BCUT2D eigenvalue weighted by atomic mass is 16.6. The van der Waals surface area contributed by atoms with E-state index in [-0.39, 0.29) is 0 Å². The molecule has 4 heteroatoms. The molecule has 0 atom stereocenters. The number of amides is 1. The fourth-order valence-corrected chi connectivity index (χ4v) is 1.48. The molecule has 0 saturated heterocycles. The summed E-state index contributed by atoms with van der Waals surface area (Å²) in [4.78, 5) is 11.4. The monoisotopic (exact) mass is 274 g/mol. The largest absolute Gasteiger partial charge is 0.444 e. The quantitative estimate of drug-likeness (QED) is 0.495. The van der Waals surface area contributed by atoms with E-state index >= 15 is 0 Å². The Labute approximate surface area is 120 Å². The number of ether oxygens (including phenoxy) is 1. The molecule has 4 nitrogen and oxygen atoms in total. The summed E-state index contributed by atoms with van der Waals surface area (Å²) < 4.78 is 5.12. The van der Waals surface area contributed by atoms with Crippen molar-refractivity contribution < 1.29 is 9.53 Å². The lowest BCUT2D eigenvalue weighted by Crippen LogP contribution is -2.32. The number of nitrogens with one attached hydrogen (secondary N) is 1. The molecule has 20 heavy (non-hydrogen) atoms. The molecular formula is C16H22N2O2. The van der Waals surface area contributed by atoms with Crippen LogP contribution in [-0.2, 0) is 4.74 Å². The Morgan fingerprint density at radius 3 is 2.75 bits per heavy atom. The van der Waals surface area contributed by atoms with Crippen molar-refractivity contribution >= 4 is 11.8 Å². The number of alkyl carbamates (subject to hydrolysis) is 1. The highest BCUT2D eigenvalue weighted by Crippen LogP contribution is 2.12. The number of carbonyl (C=O) groups is 1. The number of anilines is 1. The van der Waals surface area contributed by atoms with Crippen molar-refractivity contribution in [2.24, 2.45) is 0 Å². The topological polar surface area (TPSA) is 64.3 Å². The second-order valence-electron chi connectivity index (χ2n) is 5.57. The SMILES string of the molecule is Cc1ccc(N)c(C#CCCNC(=O)OC(C)(C)C)c1. The fourth-order valence-electron chi connectivity index (χ4n) is 1.48. The average molecular weight is 274 g/mol. The van der Waals surface area contributed by atoms with Gasteiger partial charge >= 0.3 is 6.09 Å². The standard InChI is InChI=1S/C16H22N2O2/c1-12-8-9-14(17)13(11-12)7-5-6-10-18-15(19)20-16(2,3)4/h8-9,11H,6,10,17H2,1-4H3,(H,18,19). The third-order valence-electron chi connectivity index (χ3n) is 2.35. The van der Waals surface area contributed by atoms with Crippen molar-refractivity contribution in [3.05, 3.63) is 29.3 Å². The molecule has 0 radical (unpaired) electrons. The smallest absolute Gasteiger partial charge is 0.407 e. The minimum atomic E-state index is -0.480. The first-order valence-electron chi connectivity index (χ1n) is 6.60. The third kappa shape index (κ3) is 6.14. The van der Waals surface area contributed by atoms with Gasteiger partial charge in [-0.3, -0.25) is 0 Å². The molecule has 1 aromatic carbocycles. The van der Waals surface area contributed by atoms with E-state index in [0.29, 0.717) is 18.7 Å². The van der Waals surface area contributed by atoms with Gasteiger partial charge in [-0.25, -0.2) is 4.79 Å². The zero-order chi connectivity index (χ0) is 15.2. The fraction of sp³-hybridized carbons (Fsp3) is 0.438. The molecule has 0 aliphatic rings. The van der Waals surface area contributed by atoms with Crippen molar-refractivity contribution in [2.45, 2.75) is 39.7 Å². The van der Waals surface area contributed by atoms with Gasteiger partial charge in [-0.1, -0.05) is 17.9 Å². The summed E-state index contributed by atoms with van der Waals surface area (Å²) in [5.41, 5.74) is 7.96. The van der Waals surface area contributed by atoms with Crippen LogP contribution in [0.15, 0.2) is 18.2 Å². The normalized spacial score (nSPS) is 10.4. The van der Waals surface area contributed by atoms with E-state index in [9.17, 15) is 4.79 Å². The van der Waals surface area contributed by atoms with E-state index in [1.165, 1.54) is 0 Å². The predicted octanol–water partition coefficient (Wildman–Crippen LogP) is 2.84. The lowest BCUT2D eigenvalue weighted by Gasteiger charge is -2.19. The highest BCUT2D eigenvalue weighted by Gasteiger charge is 2.15. The molecule has 0 aromatic heterocycles. The van der Waals surface area contributed by atoms with E-state index in [2.05, 4.69) is 17.2 Å². The second kappa shape index (κ2) is 6.85. The maximum Gasteiger partial charge on any atom is 0.407 e. The molecular weight excluding hydrogens is 252 g/mol. The van der Waals surface area contributed by atoms with Gasteiger partial charge < -0.3 is 15.8 Å². The van der Waals surface area contributed by atoms with E-state index in [0.717, 1.165) is 11.1 Å². The van der Waals surface area contributed by atoms with Crippen molar-refractivity contribution in [3.63, 3.8) is 0 Å². The molecule has 108 valence electrons. The lowest BCUT2D eigenvalue weighted by atomic mass is 10.1. The van der Waals surface area contributed by atoms with Gasteiger partial charge in [0.25, 0.3) is 0 Å². The van der Waals surface area contributed by atoms with Crippen LogP contribution in [0.25, 0.3) is 0 Å². The molecule has 3 N–H and O–H groups in total. The van der Waals surface area contributed by atoms with Crippen LogP contribution in [0.1, 0.15) is 38.3 Å². The summed E-state index contributed by atoms with van der Waals surface area (Å²) in [5, 5.41) is 2.66. The van der Waals surface area contributed by atoms with Gasteiger partial charge in [0.15, 0.2) is 0 Å². The summed E-state index contributed by atoms with van der Waals surface area (Å²) in [5.74, 6) is 6.00. The van der Waals surface area contributed by atoms with E-state index < -0.39 is 11.7 Å². The molecule has 1 amide bonds. The van der Waals surface area contributed by atoms with Gasteiger partial charge in [-0.15, -0.1) is 0 Å². The number of carbonyl (C=O) groups excluding carboxylic acids is 1. The van der Waals surface area contributed by atoms with Crippen LogP contribution in [-0.4, -0.2) is 18.2 Å². The molecule has 0 bridgehead atoms. The lowest BCUT2D eigenvalue weighted by molar-refractivity contribution is 0.0529. The Bertz CT molecular complexity index is 534. The Kier molecular flexibility index (Phi) is 5.45. The van der Waals surface area contributed by atoms with Crippen LogP contribution in [0.5, 0.6) is 0 Å². The molecule has 0 saturated carbocycles. The van der Waals surface area contributed by atoms with E-state index in [1.807, 2.05) is 45.9 Å². The number of rotatable bonds is 2. The van der Waals surface area contributed by atoms with Crippen molar-refractivity contribution in [2.75, 3.05) is 12.3 Å². The van der Waals surface area contributed by atoms with Crippen LogP contribution in [0.2, 0.25) is 0 Å². The highest BCUT2D eigenvalue weighted by molar-refractivity contribution is 5.67. The number of nitrogens with two attached hydrogens (primary N) is 1. The van der Waals surface area contributed by atoms with Crippen molar-refractivity contribution in [1.82, 2.24) is 5.32 Å². The number of aryl methyl sites for hydroxylation is 1. The predicted molar refractivity (Wildman–Crippen MR) is 81.3 cm³/mol. The number of hydrogen-bond acceptors (Lipinski definition) is 3. The summed E-state index contributed by atoms with van der Waals surface area (Å²) >= 11 is 0. The van der Waals surface area contributed by atoms with Gasteiger partial charge in [0.05, 0.1) is 0 Å². The molecule has 0 heterocycles. The molecule has 0 aliphatic carbocycles. The molecule has 1 rings (SSSR count). The first kappa shape index (κ1) is 15.9. The number of benzene rings is 1. The van der Waals surface area contributed by atoms with Crippen LogP contribution in [0.4, 0.5) is 10.5 Å². The Morgan fingerprint density at radius 2 is 2.10 bits per heavy atom. The first-order chi connectivity index (χ1) is 9.28. The van der Waals surface area contributed by atoms with Crippen molar-refractivity contribution in [1.29, 1.82) is 0 Å². The Hall–Kier alpha value is -2.15. The molecule has 0 aliphatic heterocycles. The average Bonchev–Trinajstić information content (AvgIpc) is 2.30. The zero-order valence-corrected chi connectivity index (χ0v) is 12.5. The summed E-state index contributed by atoms with van der Waals surface area (Å²) in [6.45, 7) is 7.93. The second-order valence-corrected chi connectivity index (χ2v) is 5.57. The Morgan fingerprint density at radius 1 is 1.40 bits per heavy atom. The first-order valence-corrected chi connectivity index (χ1v) is 6.60. The summed E-state index contributed by atoms with van der Waals surface area (Å²) in [6, 6.07) is 5.74. The molecule has 0 spiro atoms. The zero-order valence-electron chi connectivity index (χ0n) is 12.5. The van der Waals surface area contributed by atoms with E-state index in [1.54, 1.807) is 0 Å². The summed E-state index contributed by atoms with van der Waals surface area (Å²) in [6.07, 6.45) is 0.126. The number of hydrogen-bond donors (Lipinski definition) is 2. The minimum Gasteiger partial charge on any atom is -0.444 e. The molecule has 0 unspecified atom stereocenters. The van der Waals surface area contributed by atoms with Crippen LogP contribution in [0.3, 0.4) is 0 Å². The van der Waals surface area contributed by atoms with E-state index in [4.69, 9.17) is 10.5 Å². The summed E-state index contributed by atoms with van der Waals surface area (Å²) in [7, 11) is 0. The maximum atomic E-state index is 11.4. The van der Waals surface area contributed by atoms with Gasteiger partial charge in [0.1, 0.15) is 5.60 Å². The van der Waals surface area contributed by atoms with Gasteiger partial charge in [-0.05, 0) is 45.4 Å². The Balaban J connectivity index is 2.40. The van der Waals surface area contributed by atoms with Crippen molar-refractivity contribution in [3.8, 4) is 11.8 Å². The van der Waals surface area contributed by atoms with Gasteiger partial charge in [0, 0.05) is 24.2 Å². The van der Waals surface area contributed by atoms with Crippen LogP contribution < -0.4 is 11.1 Å². The molecule has 0 fully saturated rings. The third-order valence-corrected chi connectivity index (χ3v) is 2.35. The molecule has 1 aromatic rings. The number of nitrogen functional groups attached to an aromatic ring is 1. The van der Waals surface area contributed by atoms with Gasteiger partial charge in [-0.2, -0.15) is 0 Å².